The van der Waals surface area contributed by atoms with E-state index in [0.29, 0.717) is 0 Å². The predicted molar refractivity (Wildman–Crippen MR) is 64.6 cm³/mol. The summed E-state index contributed by atoms with van der Waals surface area (Å²) in [7, 11) is 0. The SMILES string of the molecule is CCC(O)CCNc1cccc2nccn12. The van der Waals surface area contributed by atoms with Crippen molar-refractivity contribution in [2.45, 2.75) is 25.9 Å². The van der Waals surface area contributed by atoms with E-state index in [1.807, 2.05) is 35.7 Å². The Bertz CT molecular complexity index is 452. The summed E-state index contributed by atoms with van der Waals surface area (Å²) in [6.45, 7) is 2.76. The largest absolute Gasteiger partial charge is 0.393 e. The van der Waals surface area contributed by atoms with Crippen LogP contribution >= 0.6 is 0 Å². The predicted octanol–water partition coefficient (Wildman–Crippen LogP) is 1.91. The van der Waals surface area contributed by atoms with E-state index in [-0.39, 0.29) is 6.10 Å². The van der Waals surface area contributed by atoms with E-state index in [2.05, 4.69) is 10.3 Å². The molecule has 0 aliphatic heterocycles. The van der Waals surface area contributed by atoms with Crippen LogP contribution < -0.4 is 5.32 Å². The van der Waals surface area contributed by atoms with Crippen LogP contribution in [0.2, 0.25) is 0 Å². The summed E-state index contributed by atoms with van der Waals surface area (Å²) in [5.41, 5.74) is 0.932. The van der Waals surface area contributed by atoms with E-state index in [0.717, 1.165) is 30.9 Å². The average molecular weight is 219 g/mol. The van der Waals surface area contributed by atoms with Crippen molar-refractivity contribution in [2.75, 3.05) is 11.9 Å². The smallest absolute Gasteiger partial charge is 0.138 e. The number of rotatable bonds is 5. The lowest BCUT2D eigenvalue weighted by Gasteiger charge is -2.11. The van der Waals surface area contributed by atoms with E-state index in [1.165, 1.54) is 0 Å². The first-order valence-electron chi connectivity index (χ1n) is 5.65. The van der Waals surface area contributed by atoms with Gasteiger partial charge in [-0.25, -0.2) is 4.98 Å². The monoisotopic (exact) mass is 219 g/mol. The van der Waals surface area contributed by atoms with Crippen LogP contribution in [0.25, 0.3) is 5.65 Å². The van der Waals surface area contributed by atoms with Gasteiger partial charge in [-0.2, -0.15) is 0 Å². The number of nitrogens with zero attached hydrogens (tertiary/aromatic N) is 2. The van der Waals surface area contributed by atoms with Gasteiger partial charge in [-0.05, 0) is 25.0 Å². The molecule has 0 saturated heterocycles. The maximum atomic E-state index is 9.45. The zero-order chi connectivity index (χ0) is 11.4. The Morgan fingerprint density at radius 2 is 2.38 bits per heavy atom. The number of fused-ring (bicyclic) bond motifs is 1. The van der Waals surface area contributed by atoms with Gasteiger partial charge in [-0.1, -0.05) is 13.0 Å². The lowest BCUT2D eigenvalue weighted by atomic mass is 10.2. The molecule has 0 aromatic carbocycles. The highest BCUT2D eigenvalue weighted by Gasteiger charge is 2.02. The van der Waals surface area contributed by atoms with Gasteiger partial charge >= 0.3 is 0 Å². The molecule has 1 atom stereocenters. The second-order valence-electron chi connectivity index (χ2n) is 3.84. The Hall–Kier alpha value is -1.55. The van der Waals surface area contributed by atoms with Gasteiger partial charge in [0.25, 0.3) is 0 Å². The number of aromatic nitrogens is 2. The highest BCUT2D eigenvalue weighted by molar-refractivity contribution is 5.49. The fraction of sp³-hybridized carbons (Fsp3) is 0.417. The van der Waals surface area contributed by atoms with Gasteiger partial charge in [0.1, 0.15) is 11.5 Å². The molecule has 2 aromatic heterocycles. The number of nitrogens with one attached hydrogen (secondary N) is 1. The standard InChI is InChI=1S/C12H17N3O/c1-2-10(16)6-7-13-11-4-3-5-12-14-8-9-15(11)12/h3-5,8-10,13,16H,2,6-7H2,1H3. The minimum Gasteiger partial charge on any atom is -0.393 e. The molecule has 0 saturated carbocycles. The molecule has 0 aliphatic carbocycles. The van der Waals surface area contributed by atoms with E-state index in [1.54, 1.807) is 6.20 Å². The van der Waals surface area contributed by atoms with Gasteiger partial charge in [0.15, 0.2) is 0 Å². The van der Waals surface area contributed by atoms with E-state index in [4.69, 9.17) is 0 Å². The van der Waals surface area contributed by atoms with Crippen molar-refractivity contribution >= 4 is 11.5 Å². The normalized spacial score (nSPS) is 12.9. The van der Waals surface area contributed by atoms with E-state index in [9.17, 15) is 5.11 Å². The highest BCUT2D eigenvalue weighted by atomic mass is 16.3. The molecule has 0 radical (unpaired) electrons. The minimum absolute atomic E-state index is 0.213. The van der Waals surface area contributed by atoms with Crippen molar-refractivity contribution in [3.8, 4) is 0 Å². The first-order chi connectivity index (χ1) is 7.81. The van der Waals surface area contributed by atoms with Gasteiger partial charge in [-0.3, -0.25) is 4.40 Å². The Balaban J connectivity index is 2.01. The molecule has 0 aliphatic rings. The summed E-state index contributed by atoms with van der Waals surface area (Å²) in [5.74, 6) is 1.01. The van der Waals surface area contributed by atoms with Crippen molar-refractivity contribution in [1.29, 1.82) is 0 Å². The van der Waals surface area contributed by atoms with Gasteiger partial charge in [0.05, 0.1) is 6.10 Å². The molecule has 0 amide bonds. The molecule has 0 bridgehead atoms. The van der Waals surface area contributed by atoms with Crippen LogP contribution in [0, 0.1) is 0 Å². The van der Waals surface area contributed by atoms with Crippen molar-refractivity contribution < 1.29 is 5.11 Å². The molecule has 2 heterocycles. The van der Waals surface area contributed by atoms with Gasteiger partial charge < -0.3 is 10.4 Å². The first-order valence-corrected chi connectivity index (χ1v) is 5.65. The van der Waals surface area contributed by atoms with Crippen LogP contribution in [-0.4, -0.2) is 27.1 Å². The molecule has 4 nitrogen and oxygen atoms in total. The number of aliphatic hydroxyl groups is 1. The first kappa shape index (κ1) is 11.0. The summed E-state index contributed by atoms with van der Waals surface area (Å²) in [5, 5.41) is 12.8. The van der Waals surface area contributed by atoms with Gasteiger partial charge in [0.2, 0.25) is 0 Å². The van der Waals surface area contributed by atoms with Crippen LogP contribution in [0.5, 0.6) is 0 Å². The summed E-state index contributed by atoms with van der Waals surface area (Å²) in [4.78, 5) is 4.21. The van der Waals surface area contributed by atoms with Crippen molar-refractivity contribution in [3.05, 3.63) is 30.6 Å². The zero-order valence-corrected chi connectivity index (χ0v) is 9.43. The number of hydrogen-bond acceptors (Lipinski definition) is 3. The number of aliphatic hydroxyl groups excluding tert-OH is 1. The summed E-state index contributed by atoms with van der Waals surface area (Å²) in [6.07, 6.45) is 5.06. The molecule has 0 spiro atoms. The Morgan fingerprint density at radius 1 is 1.50 bits per heavy atom. The second-order valence-corrected chi connectivity index (χ2v) is 3.84. The Kier molecular flexibility index (Phi) is 3.41. The molecule has 2 N–H and O–H groups in total. The maximum absolute atomic E-state index is 9.45. The molecule has 86 valence electrons. The summed E-state index contributed by atoms with van der Waals surface area (Å²) in [6, 6.07) is 5.94. The number of anilines is 1. The molecule has 0 fully saturated rings. The third-order valence-electron chi connectivity index (χ3n) is 2.68. The highest BCUT2D eigenvalue weighted by Crippen LogP contribution is 2.11. The summed E-state index contributed by atoms with van der Waals surface area (Å²) >= 11 is 0. The van der Waals surface area contributed by atoms with Crippen LogP contribution in [-0.2, 0) is 0 Å². The molecular weight excluding hydrogens is 202 g/mol. The molecule has 16 heavy (non-hydrogen) atoms. The van der Waals surface area contributed by atoms with Crippen molar-refractivity contribution in [3.63, 3.8) is 0 Å². The quantitative estimate of drug-likeness (QED) is 0.807. The van der Waals surface area contributed by atoms with Gasteiger partial charge in [0, 0.05) is 18.9 Å². The van der Waals surface area contributed by atoms with E-state index >= 15 is 0 Å². The lowest BCUT2D eigenvalue weighted by Crippen LogP contribution is -2.13. The van der Waals surface area contributed by atoms with Crippen molar-refractivity contribution in [1.82, 2.24) is 9.38 Å². The molecule has 2 aromatic rings. The van der Waals surface area contributed by atoms with Crippen molar-refractivity contribution in [2.24, 2.45) is 0 Å². The van der Waals surface area contributed by atoms with Crippen LogP contribution in [0.1, 0.15) is 19.8 Å². The Morgan fingerprint density at radius 3 is 3.19 bits per heavy atom. The summed E-state index contributed by atoms with van der Waals surface area (Å²) < 4.78 is 2.00. The molecule has 4 heteroatoms. The number of imidazole rings is 1. The number of pyridine rings is 1. The van der Waals surface area contributed by atoms with E-state index < -0.39 is 0 Å². The molecule has 2 rings (SSSR count). The topological polar surface area (TPSA) is 49.6 Å². The molecular formula is C12H17N3O. The minimum atomic E-state index is -0.213. The Labute approximate surface area is 94.9 Å². The fourth-order valence-corrected chi connectivity index (χ4v) is 1.66. The second kappa shape index (κ2) is 4.99. The van der Waals surface area contributed by atoms with Crippen LogP contribution in [0.4, 0.5) is 5.82 Å². The van der Waals surface area contributed by atoms with Gasteiger partial charge in [-0.15, -0.1) is 0 Å². The third kappa shape index (κ3) is 2.33. The zero-order valence-electron chi connectivity index (χ0n) is 9.43. The number of hydrogen-bond donors (Lipinski definition) is 2. The third-order valence-corrected chi connectivity index (χ3v) is 2.68. The lowest BCUT2D eigenvalue weighted by molar-refractivity contribution is 0.164. The average Bonchev–Trinajstić information content (AvgIpc) is 2.77. The molecule has 1 unspecified atom stereocenters. The van der Waals surface area contributed by atoms with Crippen LogP contribution in [0.3, 0.4) is 0 Å². The maximum Gasteiger partial charge on any atom is 0.138 e. The fourth-order valence-electron chi connectivity index (χ4n) is 1.66. The van der Waals surface area contributed by atoms with Crippen LogP contribution in [0.15, 0.2) is 30.6 Å².